The van der Waals surface area contributed by atoms with Crippen molar-refractivity contribution in [1.29, 1.82) is 0 Å². The number of rotatable bonds is 12. The van der Waals surface area contributed by atoms with Crippen LogP contribution in [0.5, 0.6) is 0 Å². The van der Waals surface area contributed by atoms with Gasteiger partial charge in [-0.25, -0.2) is 0 Å². The maximum Gasteiger partial charge on any atom is 0.139 e. The molecule has 2 aromatic heterocycles. The highest BCUT2D eigenvalue weighted by atomic mass is 16.1. The van der Waals surface area contributed by atoms with Crippen molar-refractivity contribution >= 4 is 28.1 Å². The molecular formula is C31H42N6O. The molecule has 0 aliphatic rings. The van der Waals surface area contributed by atoms with Crippen molar-refractivity contribution < 1.29 is 4.79 Å². The Morgan fingerprint density at radius 3 is 2.61 bits per heavy atom. The molecule has 202 valence electrons. The van der Waals surface area contributed by atoms with Crippen molar-refractivity contribution in [3.63, 3.8) is 0 Å². The zero-order valence-electron chi connectivity index (χ0n) is 23.7. The van der Waals surface area contributed by atoms with Gasteiger partial charge in [-0.3, -0.25) is 14.2 Å². The van der Waals surface area contributed by atoms with Gasteiger partial charge in [0.1, 0.15) is 5.78 Å². The molecule has 0 atom stereocenters. The topological polar surface area (TPSA) is 76.8 Å². The molecule has 2 N–H and O–H groups in total. The van der Waals surface area contributed by atoms with Crippen LogP contribution in [0.25, 0.3) is 10.9 Å². The molecular weight excluding hydrogens is 472 g/mol. The zero-order chi connectivity index (χ0) is 27.3. The molecule has 4 rings (SSSR count). The standard InChI is InChI=1S/C31H42N6O/c1-22(2)32-16-9-17-37-29-15-13-25(18-24(29)21-33-37)34-28-11-8-7-10-23(28)12-14-27(38)19-26-20-30(31(3,4)5)35-36(26)6/h7-8,10-11,13,15,18,20-22,32,34H,9,12,14,16-17,19H2,1-6H3. The molecule has 2 aromatic carbocycles. The summed E-state index contributed by atoms with van der Waals surface area (Å²) in [5, 5.41) is 17.4. The number of hydrogen-bond donors (Lipinski definition) is 2. The van der Waals surface area contributed by atoms with Gasteiger partial charge >= 0.3 is 0 Å². The molecule has 0 amide bonds. The Labute approximate surface area is 226 Å². The summed E-state index contributed by atoms with van der Waals surface area (Å²) in [4.78, 5) is 12.9. The minimum absolute atomic E-state index is 0.0315. The molecule has 38 heavy (non-hydrogen) atoms. The van der Waals surface area contributed by atoms with Crippen LogP contribution in [0.4, 0.5) is 11.4 Å². The highest BCUT2D eigenvalue weighted by molar-refractivity contribution is 5.84. The number of benzene rings is 2. The number of hydrogen-bond acceptors (Lipinski definition) is 5. The van der Waals surface area contributed by atoms with Gasteiger partial charge in [-0.2, -0.15) is 10.2 Å². The second-order valence-corrected chi connectivity index (χ2v) is 11.5. The summed E-state index contributed by atoms with van der Waals surface area (Å²) in [5.41, 5.74) is 6.28. The van der Waals surface area contributed by atoms with Gasteiger partial charge in [0.25, 0.3) is 0 Å². The van der Waals surface area contributed by atoms with Crippen molar-refractivity contribution in [2.75, 3.05) is 11.9 Å². The lowest BCUT2D eigenvalue weighted by molar-refractivity contribution is -0.118. The third kappa shape index (κ3) is 7.10. The summed E-state index contributed by atoms with van der Waals surface area (Å²) in [5.74, 6) is 0.223. The number of anilines is 2. The average molecular weight is 515 g/mol. The number of aryl methyl sites for hydroxylation is 3. The van der Waals surface area contributed by atoms with Crippen LogP contribution >= 0.6 is 0 Å². The van der Waals surface area contributed by atoms with E-state index in [1.165, 1.54) is 0 Å². The summed E-state index contributed by atoms with van der Waals surface area (Å²) in [6, 6.07) is 17.2. The molecule has 0 saturated heterocycles. The van der Waals surface area contributed by atoms with Crippen molar-refractivity contribution in [1.82, 2.24) is 24.9 Å². The largest absolute Gasteiger partial charge is 0.355 e. The molecule has 0 bridgehead atoms. The Hall–Kier alpha value is -3.45. The van der Waals surface area contributed by atoms with E-state index in [1.54, 1.807) is 0 Å². The fourth-order valence-corrected chi connectivity index (χ4v) is 4.58. The fourth-order valence-electron chi connectivity index (χ4n) is 4.58. The third-order valence-corrected chi connectivity index (χ3v) is 6.83. The van der Waals surface area contributed by atoms with E-state index in [4.69, 9.17) is 0 Å². The molecule has 7 nitrogen and oxygen atoms in total. The Balaban J connectivity index is 1.37. The predicted octanol–water partition coefficient (Wildman–Crippen LogP) is 5.94. The number of nitrogens with zero attached hydrogens (tertiary/aromatic N) is 4. The summed E-state index contributed by atoms with van der Waals surface area (Å²) in [6.45, 7) is 12.6. The lowest BCUT2D eigenvalue weighted by atomic mass is 9.92. The number of ketones is 1. The van der Waals surface area contributed by atoms with E-state index < -0.39 is 0 Å². The first-order valence-electron chi connectivity index (χ1n) is 13.7. The van der Waals surface area contributed by atoms with Gasteiger partial charge < -0.3 is 10.6 Å². The number of fused-ring (bicyclic) bond motifs is 1. The van der Waals surface area contributed by atoms with Crippen molar-refractivity contribution in [3.8, 4) is 0 Å². The van der Waals surface area contributed by atoms with Crippen LogP contribution in [-0.2, 0) is 36.6 Å². The number of aromatic nitrogens is 4. The van der Waals surface area contributed by atoms with E-state index >= 15 is 0 Å². The first kappa shape index (κ1) is 27.6. The lowest BCUT2D eigenvalue weighted by Crippen LogP contribution is -2.24. The first-order chi connectivity index (χ1) is 18.1. The van der Waals surface area contributed by atoms with Gasteiger partial charge in [-0.15, -0.1) is 0 Å². The monoisotopic (exact) mass is 514 g/mol. The van der Waals surface area contributed by atoms with Gasteiger partial charge in [0.15, 0.2) is 0 Å². The van der Waals surface area contributed by atoms with Crippen molar-refractivity contribution in [3.05, 3.63) is 71.7 Å². The Morgan fingerprint density at radius 2 is 1.87 bits per heavy atom. The van der Waals surface area contributed by atoms with Crippen LogP contribution in [0.2, 0.25) is 0 Å². The molecule has 7 heteroatoms. The molecule has 0 aliphatic carbocycles. The Kier molecular flexibility index (Phi) is 8.67. The third-order valence-electron chi connectivity index (χ3n) is 6.83. The average Bonchev–Trinajstić information content (AvgIpc) is 3.44. The highest BCUT2D eigenvalue weighted by Gasteiger charge is 2.20. The van der Waals surface area contributed by atoms with Crippen LogP contribution in [-0.4, -0.2) is 37.9 Å². The van der Waals surface area contributed by atoms with Gasteiger partial charge in [-0.05, 0) is 55.3 Å². The van der Waals surface area contributed by atoms with Crippen molar-refractivity contribution in [2.24, 2.45) is 7.05 Å². The Morgan fingerprint density at radius 1 is 1.08 bits per heavy atom. The second-order valence-electron chi connectivity index (χ2n) is 11.5. The summed E-state index contributed by atoms with van der Waals surface area (Å²) in [7, 11) is 1.92. The number of Topliss-reactive ketones (excluding diaryl/α,β-unsaturated/α-hetero) is 1. The predicted molar refractivity (Wildman–Crippen MR) is 156 cm³/mol. The normalized spacial score (nSPS) is 12.0. The maximum atomic E-state index is 12.9. The van der Waals surface area contributed by atoms with Gasteiger partial charge in [-0.1, -0.05) is 52.8 Å². The van der Waals surface area contributed by atoms with Crippen molar-refractivity contribution in [2.45, 2.75) is 78.3 Å². The minimum Gasteiger partial charge on any atom is -0.355 e. The lowest BCUT2D eigenvalue weighted by Gasteiger charge is -2.13. The summed E-state index contributed by atoms with van der Waals surface area (Å²) in [6.07, 6.45) is 4.57. The van der Waals surface area contributed by atoms with Gasteiger partial charge in [0.2, 0.25) is 0 Å². The quantitative estimate of drug-likeness (QED) is 0.229. The molecule has 0 saturated carbocycles. The van der Waals surface area contributed by atoms with Gasteiger partial charge in [0.05, 0.1) is 17.4 Å². The summed E-state index contributed by atoms with van der Waals surface area (Å²) >= 11 is 0. The van der Waals surface area contributed by atoms with E-state index in [0.29, 0.717) is 25.3 Å². The molecule has 4 aromatic rings. The second kappa shape index (κ2) is 11.9. The molecule has 0 radical (unpaired) electrons. The minimum atomic E-state index is -0.0315. The number of carbonyl (C=O) groups excluding carboxylic acids is 1. The molecule has 2 heterocycles. The highest BCUT2D eigenvalue weighted by Crippen LogP contribution is 2.26. The number of carbonyl (C=O) groups is 1. The molecule has 0 unspecified atom stereocenters. The zero-order valence-corrected chi connectivity index (χ0v) is 23.7. The van der Waals surface area contributed by atoms with Crippen LogP contribution < -0.4 is 10.6 Å². The first-order valence-corrected chi connectivity index (χ1v) is 13.7. The van der Waals surface area contributed by atoms with E-state index in [0.717, 1.165) is 58.7 Å². The van der Waals surface area contributed by atoms with E-state index in [9.17, 15) is 4.79 Å². The van der Waals surface area contributed by atoms with Gasteiger partial charge in [0, 0.05) is 60.3 Å². The van der Waals surface area contributed by atoms with Crippen LogP contribution in [0.1, 0.15) is 64.4 Å². The molecule has 0 aliphatic heterocycles. The van der Waals surface area contributed by atoms with Crippen LogP contribution in [0.3, 0.4) is 0 Å². The van der Waals surface area contributed by atoms with Crippen LogP contribution in [0.15, 0.2) is 54.7 Å². The smallest absolute Gasteiger partial charge is 0.139 e. The number of para-hydroxylation sites is 1. The van der Waals surface area contributed by atoms with Crippen LogP contribution in [0, 0.1) is 0 Å². The van der Waals surface area contributed by atoms with E-state index in [-0.39, 0.29) is 11.2 Å². The SMILES string of the molecule is CC(C)NCCCn1ncc2cc(Nc3ccccc3CCC(=O)Cc3cc(C(C)(C)C)nn3C)ccc21. The van der Waals surface area contributed by atoms with E-state index in [1.807, 2.05) is 30.1 Å². The van der Waals surface area contributed by atoms with E-state index in [2.05, 4.69) is 96.5 Å². The molecule has 0 spiro atoms. The Bertz CT molecular complexity index is 1370. The fraction of sp³-hybridized carbons (Fsp3) is 0.452. The maximum absolute atomic E-state index is 12.9. The molecule has 0 fully saturated rings. The summed E-state index contributed by atoms with van der Waals surface area (Å²) < 4.78 is 3.92. The number of nitrogens with one attached hydrogen (secondary N) is 2.